The molecular weight excluding hydrogens is 864 g/mol. The van der Waals surface area contributed by atoms with Gasteiger partial charge in [-0.3, -0.25) is 19.9 Å². The maximum Gasteiger partial charge on any atom is 0.138 e. The zero-order chi connectivity index (χ0) is 35.5. The molecule has 6 aromatic rings. The molecule has 0 saturated carbocycles. The Bertz CT molecular complexity index is 1810. The minimum atomic E-state index is -0.472. The van der Waals surface area contributed by atoms with Crippen molar-refractivity contribution in [2.75, 3.05) is 39.4 Å². The predicted molar refractivity (Wildman–Crippen MR) is 208 cm³/mol. The van der Waals surface area contributed by atoms with Crippen LogP contribution in [-0.2, 0) is 16.5 Å². The third-order valence-electron chi connectivity index (χ3n) is 8.64. The molecule has 2 N–H and O–H groups in total. The van der Waals surface area contributed by atoms with Crippen LogP contribution in [0.25, 0.3) is 54.7 Å². The van der Waals surface area contributed by atoms with Gasteiger partial charge >= 0.3 is 35.3 Å². The number of rotatable bonds is 20. The third-order valence-corrected chi connectivity index (χ3v) is 8.64. The fraction of sp³-hybridized carbons (Fsp3) is 0.385. The van der Waals surface area contributed by atoms with Gasteiger partial charge in [0.15, 0.2) is 0 Å². The predicted octanol–water partition coefficient (Wildman–Crippen LogP) is 10.2. The molecule has 6 rings (SSSR count). The largest absolute Gasteiger partial charge is 0.679 e. The second kappa shape index (κ2) is 22.0. The number of ether oxygens (including phenoxy) is 2. The van der Waals surface area contributed by atoms with Gasteiger partial charge in [-0.25, -0.2) is 0 Å². The number of pyridine rings is 4. The summed E-state index contributed by atoms with van der Waals surface area (Å²) in [6, 6.07) is 20.3. The molecule has 0 amide bonds. The van der Waals surface area contributed by atoms with Crippen molar-refractivity contribution in [3.05, 3.63) is 96.5 Å². The molecule has 2 aromatic carbocycles. The van der Waals surface area contributed by atoms with Crippen molar-refractivity contribution < 1.29 is 26.0 Å². The fourth-order valence-corrected chi connectivity index (χ4v) is 6.06. The average Bonchev–Trinajstić information content (AvgIpc) is 3.17. The maximum absolute atomic E-state index is 7.15. The molecule has 0 aliphatic rings. The molecule has 0 aliphatic carbocycles. The number of hydrogen-bond acceptors (Lipinski definition) is 7. The summed E-state index contributed by atoms with van der Waals surface area (Å²) in [7, 11) is 9.75. The number of halogens is 2. The van der Waals surface area contributed by atoms with E-state index >= 15 is 0 Å². The van der Waals surface area contributed by atoms with E-state index in [9.17, 15) is 0 Å². The Morgan fingerprint density at radius 1 is 0.627 bits per heavy atom. The van der Waals surface area contributed by atoms with Gasteiger partial charge in [-0.1, -0.05) is 81.3 Å². The monoisotopic (exact) mass is 908 g/mol. The SMILES string of the molecule is [Cl][Pt+2][Cl].[NH-]CC[N-]CCCCCCCCCCNC(COc1cnc2c(ccc3cccnc32)c1)COc1cnc2c(ccc3cccnc32)c1. The number of nitrogens with zero attached hydrogens (tertiary/aromatic N) is 5. The molecule has 0 saturated heterocycles. The van der Waals surface area contributed by atoms with Crippen LogP contribution in [0, 0.1) is 0 Å². The molecule has 0 fully saturated rings. The molecule has 4 heterocycles. The van der Waals surface area contributed by atoms with E-state index in [-0.39, 0.29) is 6.04 Å². The molecule has 0 aliphatic heterocycles. The van der Waals surface area contributed by atoms with Crippen LogP contribution in [0.3, 0.4) is 0 Å². The van der Waals surface area contributed by atoms with E-state index in [0.29, 0.717) is 26.3 Å². The van der Waals surface area contributed by atoms with Crippen molar-refractivity contribution >= 4 is 62.4 Å². The first kappa shape index (κ1) is 39.0. The van der Waals surface area contributed by atoms with Gasteiger partial charge in [-0.15, -0.1) is 6.54 Å². The standard InChI is InChI=1S/C39H45N7O2.2ClH.Pt/c40-17-22-41-18-7-5-3-1-2-4-6-8-19-42-33(27-47-34-23-31-15-13-29-11-9-20-43-36(29)38(31)45-25-34)28-48-35-24-32-16-14-30-12-10-21-44-37(30)39(32)46-26-35;;;/h9-16,20-21,23-26,33,40,42H,1-8,17-19,22,27-28H2;2*1H;/q-2;;;+4/p-2. The molecule has 4 aromatic heterocycles. The van der Waals surface area contributed by atoms with Crippen LogP contribution in [0.15, 0.2) is 85.5 Å². The minimum Gasteiger partial charge on any atom is -0.679 e. The Morgan fingerprint density at radius 2 is 1.10 bits per heavy atom. The van der Waals surface area contributed by atoms with Gasteiger partial charge in [0, 0.05) is 33.9 Å². The Labute approximate surface area is 316 Å². The van der Waals surface area contributed by atoms with Crippen LogP contribution < -0.4 is 14.8 Å². The normalized spacial score (nSPS) is 11.5. The topological polar surface area (TPSA) is 120 Å². The summed E-state index contributed by atoms with van der Waals surface area (Å²) in [5.74, 6) is 1.45. The zero-order valence-electron chi connectivity index (χ0n) is 28.7. The van der Waals surface area contributed by atoms with Crippen molar-refractivity contribution in [2.45, 2.75) is 57.4 Å². The summed E-state index contributed by atoms with van der Waals surface area (Å²) in [5.41, 5.74) is 10.7. The Hall–Kier alpha value is -3.17. The number of hydrogen-bond donors (Lipinski definition) is 1. The average molecular weight is 910 g/mol. The molecule has 51 heavy (non-hydrogen) atoms. The van der Waals surface area contributed by atoms with E-state index in [2.05, 4.69) is 57.0 Å². The number of unbranched alkanes of at least 4 members (excludes halogenated alkanes) is 7. The molecule has 0 radical (unpaired) electrons. The van der Waals surface area contributed by atoms with Crippen LogP contribution >= 0.6 is 18.8 Å². The van der Waals surface area contributed by atoms with Crippen molar-refractivity contribution in [1.82, 2.24) is 25.3 Å². The first-order valence-corrected chi connectivity index (χ1v) is 23.2. The number of benzene rings is 2. The molecule has 0 bridgehead atoms. The van der Waals surface area contributed by atoms with Gasteiger partial charge in [-0.2, -0.15) is 13.1 Å². The molecule has 0 atom stereocenters. The summed E-state index contributed by atoms with van der Waals surface area (Å²) >= 11 is -0.472. The summed E-state index contributed by atoms with van der Waals surface area (Å²) < 4.78 is 12.6. The molecule has 9 nitrogen and oxygen atoms in total. The summed E-state index contributed by atoms with van der Waals surface area (Å²) in [5, 5.41) is 12.2. The molecular formula is C39H45Cl2N7O2Pt. The Balaban J connectivity index is 0.00000162. The van der Waals surface area contributed by atoms with E-state index < -0.39 is 16.5 Å². The first-order chi connectivity index (χ1) is 25.2. The smallest absolute Gasteiger partial charge is 0.138 e. The zero-order valence-corrected chi connectivity index (χ0v) is 32.5. The van der Waals surface area contributed by atoms with E-state index in [1.807, 2.05) is 24.3 Å². The van der Waals surface area contributed by atoms with Gasteiger partial charge in [-0.05, 0) is 37.2 Å². The summed E-state index contributed by atoms with van der Waals surface area (Å²) in [6.45, 7) is 3.80. The van der Waals surface area contributed by atoms with Crippen LogP contribution in [-0.4, -0.2) is 65.4 Å². The van der Waals surface area contributed by atoms with Gasteiger partial charge in [0.05, 0.1) is 40.5 Å². The van der Waals surface area contributed by atoms with Crippen molar-refractivity contribution in [3.63, 3.8) is 0 Å². The quantitative estimate of drug-likeness (QED) is 0.0598. The molecule has 0 spiro atoms. The van der Waals surface area contributed by atoms with Crippen LogP contribution in [0.4, 0.5) is 0 Å². The van der Waals surface area contributed by atoms with Crippen molar-refractivity contribution in [1.29, 1.82) is 0 Å². The van der Waals surface area contributed by atoms with Crippen LogP contribution in [0.1, 0.15) is 51.4 Å². The molecule has 272 valence electrons. The Kier molecular flexibility index (Phi) is 16.9. The van der Waals surface area contributed by atoms with Gasteiger partial charge in [0.25, 0.3) is 0 Å². The fourth-order valence-electron chi connectivity index (χ4n) is 6.06. The Morgan fingerprint density at radius 3 is 1.63 bits per heavy atom. The van der Waals surface area contributed by atoms with Gasteiger partial charge in [0.2, 0.25) is 0 Å². The second-order valence-corrected chi connectivity index (χ2v) is 15.6. The van der Waals surface area contributed by atoms with E-state index in [4.69, 9.17) is 44.0 Å². The van der Waals surface area contributed by atoms with Crippen molar-refractivity contribution in [3.8, 4) is 11.5 Å². The number of fused-ring (bicyclic) bond motifs is 6. The van der Waals surface area contributed by atoms with E-state index in [1.54, 1.807) is 24.8 Å². The van der Waals surface area contributed by atoms with Crippen LogP contribution in [0.5, 0.6) is 11.5 Å². The first-order valence-electron chi connectivity index (χ1n) is 17.6. The summed E-state index contributed by atoms with van der Waals surface area (Å²) in [6.07, 6.45) is 17.0. The molecule has 0 unspecified atom stereocenters. The maximum atomic E-state index is 7.15. The van der Waals surface area contributed by atoms with E-state index in [1.165, 1.54) is 38.5 Å². The number of nitrogens with one attached hydrogen (secondary N) is 2. The van der Waals surface area contributed by atoms with Gasteiger partial charge < -0.3 is 25.8 Å². The minimum absolute atomic E-state index is 0.0200. The van der Waals surface area contributed by atoms with Gasteiger partial charge in [0.1, 0.15) is 24.7 Å². The number of aromatic nitrogens is 4. The van der Waals surface area contributed by atoms with E-state index in [0.717, 1.165) is 81.0 Å². The van der Waals surface area contributed by atoms with Crippen LogP contribution in [0.2, 0.25) is 0 Å². The second-order valence-electron chi connectivity index (χ2n) is 12.3. The third kappa shape index (κ3) is 12.2. The van der Waals surface area contributed by atoms with Crippen molar-refractivity contribution in [2.24, 2.45) is 0 Å². The summed E-state index contributed by atoms with van der Waals surface area (Å²) in [4.78, 5) is 18.5. The molecule has 12 heteroatoms.